The third kappa shape index (κ3) is 56.6. The van der Waals surface area contributed by atoms with Gasteiger partial charge < -0.3 is 24.2 Å². The summed E-state index contributed by atoms with van der Waals surface area (Å²) >= 11 is 0. The van der Waals surface area contributed by atoms with E-state index in [-0.39, 0.29) is 25.9 Å². The van der Waals surface area contributed by atoms with Crippen LogP contribution >= 0.6 is 7.82 Å². The van der Waals surface area contributed by atoms with E-state index >= 15 is 0 Å². The van der Waals surface area contributed by atoms with Gasteiger partial charge in [-0.1, -0.05) is 226 Å². The first kappa shape index (κ1) is 73.9. The van der Waals surface area contributed by atoms with Crippen molar-refractivity contribution in [2.75, 3.05) is 26.4 Å². The van der Waals surface area contributed by atoms with Gasteiger partial charge in [-0.2, -0.15) is 0 Å². The first-order valence-corrected chi connectivity index (χ1v) is 31.9. The predicted octanol–water partition coefficient (Wildman–Crippen LogP) is 18.4. The standard InChI is InChI=1S/C66H109O11P/c1-4-7-10-13-16-19-22-25-27-29-31-33-35-38-41-44-47-50-53-56-65(69)76-62(58-67)60-74-78(71,72)75-61-63(59-73-64(68)55-52-49-46-43-40-37-24-21-18-15-12-9-6-3)77-66(70)57-54-51-48-45-42-39-36-34-32-30-28-26-23-20-17-14-11-8-5-2/h8-9,11-12,17-18,20-21,25-28,32,34,37,39-40,42,48,51,62-63,67H,4-7,10,13-16,19,22-24,29-31,33,35-36,38,41,43-47,49-50,52-61H2,1-3H3,(H,71,72)/b11-8-,12-9-,20-17-,21-18-,27-25-,28-26-,34-32-,40-37-,42-39-,51-48-. The summed E-state index contributed by atoms with van der Waals surface area (Å²) in [5, 5.41) is 9.84. The lowest BCUT2D eigenvalue weighted by molar-refractivity contribution is -0.161. The molecule has 0 saturated heterocycles. The molecule has 0 amide bonds. The summed E-state index contributed by atoms with van der Waals surface area (Å²) in [6, 6.07) is 0. The highest BCUT2D eigenvalue weighted by atomic mass is 31.2. The van der Waals surface area contributed by atoms with Crippen molar-refractivity contribution in [2.24, 2.45) is 0 Å². The molecule has 0 fully saturated rings. The molecule has 0 spiro atoms. The van der Waals surface area contributed by atoms with Gasteiger partial charge in [0.05, 0.1) is 19.8 Å². The van der Waals surface area contributed by atoms with Gasteiger partial charge in [-0.3, -0.25) is 23.4 Å². The number of carbonyl (C=O) groups excluding carboxylic acids is 3. The monoisotopic (exact) mass is 1110 g/mol. The second kappa shape index (κ2) is 59.0. The number of esters is 3. The molecule has 0 aromatic rings. The lowest BCUT2D eigenvalue weighted by Gasteiger charge is -2.21. The van der Waals surface area contributed by atoms with Gasteiger partial charge in [0, 0.05) is 19.3 Å². The van der Waals surface area contributed by atoms with Crippen molar-refractivity contribution in [2.45, 2.75) is 251 Å². The van der Waals surface area contributed by atoms with Gasteiger partial charge in [0.25, 0.3) is 0 Å². The Morgan fingerprint density at radius 1 is 0.372 bits per heavy atom. The lowest BCUT2D eigenvalue weighted by Crippen LogP contribution is -2.30. The average molecular weight is 1110 g/mol. The van der Waals surface area contributed by atoms with Crippen LogP contribution in [-0.2, 0) is 42.2 Å². The molecule has 2 N–H and O–H groups in total. The maximum Gasteiger partial charge on any atom is 0.472 e. The topological polar surface area (TPSA) is 155 Å². The largest absolute Gasteiger partial charge is 0.472 e. The lowest BCUT2D eigenvalue weighted by atomic mass is 10.1. The first-order chi connectivity index (χ1) is 38.2. The molecule has 0 saturated carbocycles. The summed E-state index contributed by atoms with van der Waals surface area (Å²) in [6.45, 7) is 4.29. The smallest absolute Gasteiger partial charge is 0.462 e. The molecule has 444 valence electrons. The van der Waals surface area contributed by atoms with Gasteiger partial charge in [0.2, 0.25) is 0 Å². The summed E-state index contributed by atoms with van der Waals surface area (Å²) < 4.78 is 39.5. The summed E-state index contributed by atoms with van der Waals surface area (Å²) in [7, 11) is -4.78. The molecular formula is C66H109O11P. The van der Waals surface area contributed by atoms with Crippen molar-refractivity contribution >= 4 is 25.7 Å². The summed E-state index contributed by atoms with van der Waals surface area (Å²) in [4.78, 5) is 48.6. The van der Waals surface area contributed by atoms with Gasteiger partial charge in [-0.25, -0.2) is 4.57 Å². The van der Waals surface area contributed by atoms with Crippen molar-refractivity contribution in [3.05, 3.63) is 122 Å². The molecule has 0 radical (unpaired) electrons. The number of hydrogen-bond acceptors (Lipinski definition) is 10. The van der Waals surface area contributed by atoms with Crippen LogP contribution in [0.1, 0.15) is 239 Å². The van der Waals surface area contributed by atoms with E-state index in [1.54, 1.807) is 0 Å². The summed E-state index contributed by atoms with van der Waals surface area (Å²) in [5.41, 5.74) is 0. The average Bonchev–Trinajstić information content (AvgIpc) is 3.43. The van der Waals surface area contributed by atoms with Crippen molar-refractivity contribution in [3.63, 3.8) is 0 Å². The van der Waals surface area contributed by atoms with Crippen LogP contribution in [0.25, 0.3) is 0 Å². The van der Waals surface area contributed by atoms with Crippen molar-refractivity contribution < 1.29 is 52.2 Å². The maximum atomic E-state index is 12.9. The van der Waals surface area contributed by atoms with E-state index in [1.807, 2.05) is 12.2 Å². The van der Waals surface area contributed by atoms with Crippen LogP contribution in [0.15, 0.2) is 122 Å². The minimum absolute atomic E-state index is 0.0301. The first-order valence-electron chi connectivity index (χ1n) is 30.4. The van der Waals surface area contributed by atoms with E-state index in [1.165, 1.54) is 83.5 Å². The van der Waals surface area contributed by atoms with Crippen LogP contribution < -0.4 is 0 Å². The molecule has 0 aliphatic rings. The molecule has 78 heavy (non-hydrogen) atoms. The maximum absolute atomic E-state index is 12.9. The van der Waals surface area contributed by atoms with Gasteiger partial charge >= 0.3 is 25.7 Å². The van der Waals surface area contributed by atoms with E-state index in [4.69, 9.17) is 23.3 Å². The molecular weight excluding hydrogens is 1000 g/mol. The fourth-order valence-electron chi connectivity index (χ4n) is 7.80. The number of unbranched alkanes of at least 4 members (excludes halogenated alkanes) is 18. The fourth-order valence-corrected chi connectivity index (χ4v) is 8.59. The van der Waals surface area contributed by atoms with Crippen molar-refractivity contribution in [1.82, 2.24) is 0 Å². The SMILES string of the molecule is CC/C=C\C/C=C\C/C=C\C/C=C\C/C=C\C/C=C\CCC(=O)OC(COC(=O)CCCCC/C=C\C/C=C\C/C=C\CC)COP(=O)(O)OCC(CO)OC(=O)CCCCCCCCCCC/C=C\CCCCCCCC. The number of rotatable bonds is 55. The molecule has 0 bridgehead atoms. The molecule has 0 aromatic heterocycles. The second-order valence-corrected chi connectivity index (χ2v) is 21.2. The van der Waals surface area contributed by atoms with E-state index in [2.05, 4.69) is 130 Å². The number of phosphoric ester groups is 1. The van der Waals surface area contributed by atoms with Gasteiger partial charge in [0.15, 0.2) is 6.10 Å². The van der Waals surface area contributed by atoms with Crippen molar-refractivity contribution in [3.8, 4) is 0 Å². The quantitative estimate of drug-likeness (QED) is 0.0197. The van der Waals surface area contributed by atoms with Gasteiger partial charge in [-0.15, -0.1) is 0 Å². The molecule has 0 rings (SSSR count). The van der Waals surface area contributed by atoms with Crippen LogP contribution in [0, 0.1) is 0 Å². The summed E-state index contributed by atoms with van der Waals surface area (Å²) in [6.07, 6.45) is 73.2. The Morgan fingerprint density at radius 2 is 0.692 bits per heavy atom. The van der Waals surface area contributed by atoms with E-state index < -0.39 is 57.8 Å². The minimum atomic E-state index is -4.78. The highest BCUT2D eigenvalue weighted by Crippen LogP contribution is 2.43. The number of carbonyl (C=O) groups is 3. The van der Waals surface area contributed by atoms with E-state index in [0.29, 0.717) is 25.7 Å². The number of hydrogen-bond donors (Lipinski definition) is 2. The highest BCUT2D eigenvalue weighted by molar-refractivity contribution is 7.47. The Labute approximate surface area is 475 Å². The number of aliphatic hydroxyl groups is 1. The minimum Gasteiger partial charge on any atom is -0.462 e. The number of phosphoric acid groups is 1. The molecule has 0 heterocycles. The highest BCUT2D eigenvalue weighted by Gasteiger charge is 2.28. The van der Waals surface area contributed by atoms with Gasteiger partial charge in [0.1, 0.15) is 12.7 Å². The normalized spacial score (nSPS) is 14.2. The zero-order valence-corrected chi connectivity index (χ0v) is 50.0. The number of aliphatic hydroxyl groups excluding tert-OH is 1. The van der Waals surface area contributed by atoms with E-state index in [0.717, 1.165) is 89.9 Å². The summed E-state index contributed by atoms with van der Waals surface area (Å²) in [5.74, 6) is -1.61. The second-order valence-electron chi connectivity index (χ2n) is 19.7. The third-order valence-electron chi connectivity index (χ3n) is 12.4. The fraction of sp³-hybridized carbons (Fsp3) is 0.652. The zero-order valence-electron chi connectivity index (χ0n) is 49.1. The molecule has 0 aliphatic carbocycles. The van der Waals surface area contributed by atoms with Crippen LogP contribution in [0.5, 0.6) is 0 Å². The Morgan fingerprint density at radius 3 is 1.13 bits per heavy atom. The van der Waals surface area contributed by atoms with Gasteiger partial charge in [-0.05, 0) is 116 Å². The van der Waals surface area contributed by atoms with Crippen LogP contribution in [0.4, 0.5) is 0 Å². The molecule has 3 unspecified atom stereocenters. The predicted molar refractivity (Wildman–Crippen MR) is 325 cm³/mol. The molecule has 11 nitrogen and oxygen atoms in total. The Hall–Kier alpha value is -4.12. The molecule has 0 aliphatic heterocycles. The number of ether oxygens (including phenoxy) is 3. The molecule has 3 atom stereocenters. The van der Waals surface area contributed by atoms with Crippen LogP contribution in [0.2, 0.25) is 0 Å². The Bertz CT molecular complexity index is 1770. The Balaban J connectivity index is 4.79. The van der Waals surface area contributed by atoms with Crippen molar-refractivity contribution in [1.29, 1.82) is 0 Å². The van der Waals surface area contributed by atoms with Crippen LogP contribution in [0.3, 0.4) is 0 Å². The van der Waals surface area contributed by atoms with E-state index in [9.17, 15) is 28.9 Å². The Kier molecular flexibility index (Phi) is 55.9. The molecule has 12 heteroatoms. The van der Waals surface area contributed by atoms with Crippen LogP contribution in [-0.4, -0.2) is 66.5 Å². The third-order valence-corrected chi connectivity index (χ3v) is 13.3. The number of allylic oxidation sites excluding steroid dienone is 20. The zero-order chi connectivity index (χ0) is 56.9. The molecule has 0 aromatic carbocycles.